The normalized spacial score (nSPS) is 9.47. The van der Waals surface area contributed by atoms with Gasteiger partial charge >= 0.3 is 6.09 Å². The largest absolute Gasteiger partial charge is 0.449 e. The lowest BCUT2D eigenvalue weighted by Crippen LogP contribution is -2.33. The van der Waals surface area contributed by atoms with Crippen molar-refractivity contribution in [1.29, 1.82) is 0 Å². The highest BCUT2D eigenvalue weighted by molar-refractivity contribution is 7.97. The van der Waals surface area contributed by atoms with Gasteiger partial charge in [-0.15, -0.1) is 0 Å². The van der Waals surface area contributed by atoms with E-state index in [1.54, 1.807) is 37.3 Å². The number of carbonyl (C=O) groups is 2. The van der Waals surface area contributed by atoms with Gasteiger partial charge in [-0.2, -0.15) is 0 Å². The summed E-state index contributed by atoms with van der Waals surface area (Å²) in [7, 11) is 0. The topological polar surface area (TPSA) is 46.6 Å². The van der Waals surface area contributed by atoms with Crippen LogP contribution in [0.1, 0.15) is 6.92 Å². The Bertz CT molecular complexity index is 353. The molecule has 0 radical (unpaired) electrons. The molecule has 0 aromatic heterocycles. The molecule has 5 heteroatoms. The average molecular weight is 225 g/mol. The highest BCUT2D eigenvalue weighted by Gasteiger charge is 2.21. The molecule has 0 aliphatic rings. The number of para-hydroxylation sites is 1. The minimum atomic E-state index is -0.719. The van der Waals surface area contributed by atoms with Crippen molar-refractivity contribution in [3.8, 4) is 0 Å². The Balaban J connectivity index is 2.94. The lowest BCUT2D eigenvalue weighted by molar-refractivity contribution is 0.161. The van der Waals surface area contributed by atoms with E-state index in [0.29, 0.717) is 5.69 Å². The van der Waals surface area contributed by atoms with Crippen LogP contribution in [-0.2, 0) is 4.74 Å². The Hall–Kier alpha value is -1.49. The SMILES string of the molecule is CCOC(=O)N(C(=O)S)c1ccccc1. The van der Waals surface area contributed by atoms with Gasteiger partial charge in [-0.3, -0.25) is 4.79 Å². The van der Waals surface area contributed by atoms with Crippen LogP contribution in [0.4, 0.5) is 15.3 Å². The molecule has 0 atom stereocenters. The fraction of sp³-hybridized carbons (Fsp3) is 0.200. The van der Waals surface area contributed by atoms with E-state index in [4.69, 9.17) is 4.74 Å². The van der Waals surface area contributed by atoms with Gasteiger partial charge in [0.1, 0.15) is 0 Å². The van der Waals surface area contributed by atoms with Gasteiger partial charge in [0.15, 0.2) is 0 Å². The predicted molar refractivity (Wildman–Crippen MR) is 60.3 cm³/mol. The van der Waals surface area contributed by atoms with E-state index in [9.17, 15) is 9.59 Å². The van der Waals surface area contributed by atoms with E-state index >= 15 is 0 Å². The molecule has 0 aliphatic heterocycles. The summed E-state index contributed by atoms with van der Waals surface area (Å²) in [5, 5.41) is -0.667. The van der Waals surface area contributed by atoms with Crippen LogP contribution in [0.25, 0.3) is 0 Å². The zero-order valence-corrected chi connectivity index (χ0v) is 9.11. The zero-order valence-electron chi connectivity index (χ0n) is 8.21. The molecule has 0 spiro atoms. The Morgan fingerprint density at radius 1 is 1.33 bits per heavy atom. The summed E-state index contributed by atoms with van der Waals surface area (Å²) in [6, 6.07) is 8.49. The van der Waals surface area contributed by atoms with Gasteiger partial charge in [0.05, 0.1) is 12.3 Å². The number of hydrogen-bond acceptors (Lipinski definition) is 3. The van der Waals surface area contributed by atoms with Crippen molar-refractivity contribution in [2.24, 2.45) is 0 Å². The van der Waals surface area contributed by atoms with Gasteiger partial charge in [-0.05, 0) is 19.1 Å². The molecular weight excluding hydrogens is 214 g/mol. The second-order valence-corrected chi connectivity index (χ2v) is 3.04. The number of anilines is 1. The summed E-state index contributed by atoms with van der Waals surface area (Å²) >= 11 is 3.62. The van der Waals surface area contributed by atoms with Crippen LogP contribution >= 0.6 is 12.6 Å². The third-order valence-corrected chi connectivity index (χ3v) is 1.86. The molecule has 1 aromatic carbocycles. The molecule has 4 nitrogen and oxygen atoms in total. The van der Waals surface area contributed by atoms with Gasteiger partial charge in [-0.1, -0.05) is 30.8 Å². The number of hydrogen-bond donors (Lipinski definition) is 1. The van der Waals surface area contributed by atoms with Crippen LogP contribution in [0.15, 0.2) is 30.3 Å². The molecule has 80 valence electrons. The van der Waals surface area contributed by atoms with Gasteiger partial charge in [0.25, 0.3) is 5.24 Å². The summed E-state index contributed by atoms with van der Waals surface area (Å²) in [5.74, 6) is 0. The van der Waals surface area contributed by atoms with Crippen LogP contribution in [0.2, 0.25) is 0 Å². The Morgan fingerprint density at radius 2 is 1.93 bits per heavy atom. The Kier molecular flexibility index (Phi) is 4.17. The molecule has 0 aliphatic carbocycles. The number of benzene rings is 1. The van der Waals surface area contributed by atoms with Crippen molar-refractivity contribution >= 4 is 29.6 Å². The molecule has 1 rings (SSSR count). The lowest BCUT2D eigenvalue weighted by Gasteiger charge is -2.17. The molecule has 0 unspecified atom stereocenters. The van der Waals surface area contributed by atoms with Gasteiger partial charge in [-0.25, -0.2) is 9.69 Å². The smallest absolute Gasteiger partial charge is 0.421 e. The number of nitrogens with zero attached hydrogens (tertiary/aromatic N) is 1. The van der Waals surface area contributed by atoms with Crippen molar-refractivity contribution in [3.63, 3.8) is 0 Å². The van der Waals surface area contributed by atoms with Crippen molar-refractivity contribution in [2.75, 3.05) is 11.5 Å². The molecule has 2 amide bonds. The summed E-state index contributed by atoms with van der Waals surface area (Å²) in [5.41, 5.74) is 0.441. The van der Waals surface area contributed by atoms with Crippen LogP contribution in [0, 0.1) is 0 Å². The first-order valence-electron chi connectivity index (χ1n) is 4.41. The maximum atomic E-state index is 11.4. The molecule has 1 aromatic rings. The number of imide groups is 1. The van der Waals surface area contributed by atoms with Crippen molar-refractivity contribution < 1.29 is 14.3 Å². The first-order valence-corrected chi connectivity index (χ1v) is 4.86. The van der Waals surface area contributed by atoms with E-state index in [1.165, 1.54) is 0 Å². The summed E-state index contributed by atoms with van der Waals surface area (Å²) in [4.78, 5) is 23.4. The molecule has 0 fully saturated rings. The average Bonchev–Trinajstić information content (AvgIpc) is 2.19. The highest BCUT2D eigenvalue weighted by atomic mass is 32.1. The second kappa shape index (κ2) is 5.41. The zero-order chi connectivity index (χ0) is 11.3. The van der Waals surface area contributed by atoms with E-state index in [0.717, 1.165) is 4.90 Å². The number of rotatable bonds is 2. The van der Waals surface area contributed by atoms with Crippen LogP contribution < -0.4 is 4.90 Å². The van der Waals surface area contributed by atoms with Crippen molar-refractivity contribution in [1.82, 2.24) is 0 Å². The number of ether oxygens (including phenoxy) is 1. The summed E-state index contributed by atoms with van der Waals surface area (Å²) in [6.45, 7) is 1.88. The quantitative estimate of drug-likeness (QED) is 0.787. The summed E-state index contributed by atoms with van der Waals surface area (Å²) in [6.07, 6.45) is -0.719. The molecule has 0 N–H and O–H groups in total. The second-order valence-electron chi connectivity index (χ2n) is 2.65. The molecule has 0 saturated heterocycles. The van der Waals surface area contributed by atoms with Gasteiger partial charge in [0.2, 0.25) is 0 Å². The fourth-order valence-electron chi connectivity index (χ4n) is 1.06. The molecule has 0 bridgehead atoms. The molecule has 0 heterocycles. The minimum Gasteiger partial charge on any atom is -0.449 e. The van der Waals surface area contributed by atoms with Gasteiger partial charge in [0, 0.05) is 0 Å². The van der Waals surface area contributed by atoms with Gasteiger partial charge < -0.3 is 4.74 Å². The minimum absolute atomic E-state index is 0.212. The first kappa shape index (κ1) is 11.6. The predicted octanol–water partition coefficient (Wildman–Crippen LogP) is 2.70. The number of carbonyl (C=O) groups excluding carboxylic acids is 2. The van der Waals surface area contributed by atoms with E-state index < -0.39 is 11.3 Å². The van der Waals surface area contributed by atoms with E-state index in [-0.39, 0.29) is 6.61 Å². The molecule has 15 heavy (non-hydrogen) atoms. The number of amides is 2. The maximum Gasteiger partial charge on any atom is 0.421 e. The Morgan fingerprint density at radius 3 is 2.40 bits per heavy atom. The molecular formula is C10H11NO3S. The van der Waals surface area contributed by atoms with Crippen LogP contribution in [-0.4, -0.2) is 17.9 Å². The van der Waals surface area contributed by atoms with Crippen molar-refractivity contribution in [2.45, 2.75) is 6.92 Å². The van der Waals surface area contributed by atoms with Crippen LogP contribution in [0.5, 0.6) is 0 Å². The Labute approximate surface area is 93.2 Å². The monoisotopic (exact) mass is 225 g/mol. The highest BCUT2D eigenvalue weighted by Crippen LogP contribution is 2.16. The number of thiol groups is 1. The van der Waals surface area contributed by atoms with E-state index in [2.05, 4.69) is 12.6 Å². The first-order chi connectivity index (χ1) is 7.16. The van der Waals surface area contributed by atoms with Crippen LogP contribution in [0.3, 0.4) is 0 Å². The third kappa shape index (κ3) is 2.99. The third-order valence-electron chi connectivity index (χ3n) is 1.66. The standard InChI is InChI=1S/C10H11NO3S/c1-2-14-9(12)11(10(13)15)8-6-4-3-5-7-8/h3-7H,2H2,1H3,(H,13,15). The van der Waals surface area contributed by atoms with Crippen molar-refractivity contribution in [3.05, 3.63) is 30.3 Å². The van der Waals surface area contributed by atoms with E-state index in [1.807, 2.05) is 0 Å². The lowest BCUT2D eigenvalue weighted by atomic mass is 10.3. The summed E-state index contributed by atoms with van der Waals surface area (Å²) < 4.78 is 4.74. The maximum absolute atomic E-state index is 11.4. The molecule has 0 saturated carbocycles. The fourth-order valence-corrected chi connectivity index (χ4v) is 1.26.